The molecule has 0 aliphatic carbocycles. The van der Waals surface area contributed by atoms with Crippen molar-refractivity contribution in [3.8, 4) is 17.6 Å². The summed E-state index contributed by atoms with van der Waals surface area (Å²) in [4.78, 5) is 0. The quantitative estimate of drug-likeness (QED) is 0.651. The van der Waals surface area contributed by atoms with Crippen LogP contribution in [0, 0.1) is 11.8 Å². The summed E-state index contributed by atoms with van der Waals surface area (Å²) >= 11 is 3.04. The number of hydrogen-bond acceptors (Lipinski definition) is 2. The fourth-order valence-electron chi connectivity index (χ4n) is 1.38. The van der Waals surface area contributed by atoms with Crippen molar-refractivity contribution in [2.24, 2.45) is 0 Å². The summed E-state index contributed by atoms with van der Waals surface area (Å²) in [5.74, 6) is 7.02. The van der Waals surface area contributed by atoms with Crippen LogP contribution in [0.25, 0.3) is 0 Å². The molecule has 0 aromatic heterocycles. The summed E-state index contributed by atoms with van der Waals surface area (Å²) in [6, 6.07) is 7.93. The van der Waals surface area contributed by atoms with Gasteiger partial charge in [0.25, 0.3) is 0 Å². The van der Waals surface area contributed by atoms with E-state index in [1.54, 1.807) is 7.11 Å². The molecule has 1 aromatic rings. The third-order valence-corrected chi connectivity index (χ3v) is 2.76. The third kappa shape index (κ3) is 4.76. The molecule has 3 heteroatoms. The third-order valence-electron chi connectivity index (χ3n) is 2.19. The van der Waals surface area contributed by atoms with Gasteiger partial charge in [0.2, 0.25) is 0 Å². The van der Waals surface area contributed by atoms with E-state index in [-0.39, 0.29) is 0 Å². The van der Waals surface area contributed by atoms with Gasteiger partial charge in [-0.05, 0) is 0 Å². The van der Waals surface area contributed by atoms with E-state index in [2.05, 4.69) is 39.9 Å². The van der Waals surface area contributed by atoms with Crippen LogP contribution < -0.4 is 10.1 Å². The molecule has 90 valence electrons. The Morgan fingerprint density at radius 3 is 2.82 bits per heavy atom. The van der Waals surface area contributed by atoms with Crippen molar-refractivity contribution in [1.82, 2.24) is 5.32 Å². The van der Waals surface area contributed by atoms with Crippen LogP contribution in [-0.2, 0) is 15.9 Å². The van der Waals surface area contributed by atoms with Crippen molar-refractivity contribution in [2.45, 2.75) is 19.8 Å². The van der Waals surface area contributed by atoms with Crippen LogP contribution in [-0.4, -0.2) is 18.2 Å². The van der Waals surface area contributed by atoms with Gasteiger partial charge < -0.3 is 0 Å². The molecule has 0 unspecified atom stereocenters. The van der Waals surface area contributed by atoms with Crippen LogP contribution in [0.4, 0.5) is 0 Å². The molecule has 1 N–H and O–H groups in total. The number of benzene rings is 1. The molecule has 0 radical (unpaired) electrons. The standard InChI is InChI=1S/C14H17NO.Cr/c1-3-4-5-8-11-15-12-13-9-6-7-10-14(13)16-2;/h6-7,9-10,15H,3,8,11H2,1-2H3;. The number of para-hydroxylation sites is 1. The van der Waals surface area contributed by atoms with Gasteiger partial charge >= 0.3 is 111 Å². The molecule has 0 bridgehead atoms. The van der Waals surface area contributed by atoms with Gasteiger partial charge in [-0.15, -0.1) is 0 Å². The first-order chi connectivity index (χ1) is 8.29. The molecule has 0 aliphatic heterocycles. The van der Waals surface area contributed by atoms with Crippen molar-refractivity contribution in [3.63, 3.8) is 0 Å². The van der Waals surface area contributed by atoms with Gasteiger partial charge in [-0.25, -0.2) is 0 Å². The van der Waals surface area contributed by atoms with Gasteiger partial charge in [-0.3, -0.25) is 0 Å². The fourth-order valence-corrected chi connectivity index (χ4v) is 1.80. The molecule has 0 amide bonds. The van der Waals surface area contributed by atoms with Gasteiger partial charge in [0.1, 0.15) is 0 Å². The molecular formula is C14H17CrNO. The first-order valence-electron chi connectivity index (χ1n) is 5.66. The summed E-state index contributed by atoms with van der Waals surface area (Å²) < 4.78 is 6.30. The number of ether oxygens (including phenoxy) is 1. The maximum atomic E-state index is 5.30. The number of hydrogen-bond donors (Lipinski definition) is 1. The Balaban J connectivity index is 2.52. The molecule has 0 spiro atoms. The molecule has 0 saturated carbocycles. The van der Waals surface area contributed by atoms with E-state index in [0.29, 0.717) is 0 Å². The minimum atomic E-state index is 0.841. The Labute approximate surface area is 111 Å². The minimum absolute atomic E-state index is 0.841. The molecule has 2 nitrogen and oxygen atoms in total. The van der Waals surface area contributed by atoms with E-state index < -0.39 is 0 Å². The zero-order chi connectivity index (χ0) is 12.5. The normalized spacial score (nSPS) is 9.29. The molecule has 0 atom stereocenters. The van der Waals surface area contributed by atoms with Crippen LogP contribution in [0.3, 0.4) is 0 Å². The zero-order valence-electron chi connectivity index (χ0n) is 10.2. The van der Waals surface area contributed by atoms with E-state index >= 15 is 0 Å². The van der Waals surface area contributed by atoms with E-state index in [4.69, 9.17) is 4.74 Å². The van der Waals surface area contributed by atoms with Gasteiger partial charge in [0.05, 0.1) is 0 Å². The number of nitrogens with one attached hydrogen (secondary N) is 1. The van der Waals surface area contributed by atoms with E-state index in [1.807, 2.05) is 24.3 Å². The summed E-state index contributed by atoms with van der Waals surface area (Å²) in [5, 5.41) is 3.31. The Morgan fingerprint density at radius 1 is 1.35 bits per heavy atom. The molecule has 0 fully saturated rings. The molecular weight excluding hydrogens is 250 g/mol. The number of rotatable bonds is 5. The molecule has 0 heterocycles. The predicted molar refractivity (Wildman–Crippen MR) is 67.8 cm³/mol. The van der Waals surface area contributed by atoms with E-state index in [9.17, 15) is 0 Å². The van der Waals surface area contributed by atoms with Crippen molar-refractivity contribution in [1.29, 1.82) is 0 Å². The van der Waals surface area contributed by atoms with E-state index in [1.165, 1.54) is 0 Å². The van der Waals surface area contributed by atoms with Crippen LogP contribution in [0.2, 0.25) is 0 Å². The Hall–Kier alpha value is -1.06. The summed E-state index contributed by atoms with van der Waals surface area (Å²) in [7, 11) is 1.68. The van der Waals surface area contributed by atoms with Gasteiger partial charge in [-0.2, -0.15) is 0 Å². The average Bonchev–Trinajstić information content (AvgIpc) is 2.38. The molecule has 0 aliphatic rings. The van der Waals surface area contributed by atoms with Crippen LogP contribution in [0.1, 0.15) is 25.3 Å². The van der Waals surface area contributed by atoms with Crippen LogP contribution in [0.15, 0.2) is 24.3 Å². The van der Waals surface area contributed by atoms with Crippen molar-refractivity contribution < 1.29 is 20.6 Å². The predicted octanol–water partition coefficient (Wildman–Crippen LogP) is 2.11. The van der Waals surface area contributed by atoms with Crippen LogP contribution >= 0.6 is 0 Å². The molecule has 1 aromatic carbocycles. The Morgan fingerprint density at radius 2 is 2.12 bits per heavy atom. The molecule has 0 saturated heterocycles. The Kier molecular flexibility index (Phi) is 6.67. The van der Waals surface area contributed by atoms with Gasteiger partial charge in [0.15, 0.2) is 0 Å². The van der Waals surface area contributed by atoms with Gasteiger partial charge in [0, 0.05) is 0 Å². The van der Waals surface area contributed by atoms with Crippen molar-refractivity contribution >= 4 is 4.50 Å². The van der Waals surface area contributed by atoms with Crippen molar-refractivity contribution in [3.05, 3.63) is 29.8 Å². The zero-order valence-corrected chi connectivity index (χ0v) is 11.5. The second-order valence-electron chi connectivity index (χ2n) is 3.41. The average molecular weight is 267 g/mol. The van der Waals surface area contributed by atoms with Crippen molar-refractivity contribution in [2.75, 3.05) is 13.7 Å². The maximum absolute atomic E-state index is 5.30. The first kappa shape index (κ1) is 14.0. The topological polar surface area (TPSA) is 21.3 Å². The molecule has 17 heavy (non-hydrogen) atoms. The second kappa shape index (κ2) is 8.10. The Bertz CT molecular complexity index is 431. The number of methoxy groups -OCH3 is 1. The van der Waals surface area contributed by atoms with E-state index in [0.717, 1.165) is 35.2 Å². The van der Waals surface area contributed by atoms with Gasteiger partial charge in [-0.1, -0.05) is 0 Å². The summed E-state index contributed by atoms with van der Waals surface area (Å²) in [5.41, 5.74) is 1.05. The second-order valence-corrected chi connectivity index (χ2v) is 4.05. The van der Waals surface area contributed by atoms with Crippen LogP contribution in [0.5, 0.6) is 5.75 Å². The fraction of sp³-hybridized carbons (Fsp3) is 0.357. The summed E-state index contributed by atoms with van der Waals surface area (Å²) in [6.07, 6.45) is 1.77. The first-order valence-corrected chi connectivity index (χ1v) is 6.30. The SMILES string of the molecule is CCC#CCCN[C](=[Cr])c1ccccc1OC. The molecule has 1 rings (SSSR count). The summed E-state index contributed by atoms with van der Waals surface area (Å²) in [6.45, 7) is 2.90. The monoisotopic (exact) mass is 267 g/mol.